The summed E-state index contributed by atoms with van der Waals surface area (Å²) in [5.74, 6) is 0.853. The quantitative estimate of drug-likeness (QED) is 0.575. The zero-order valence-electron chi connectivity index (χ0n) is 13.2. The van der Waals surface area contributed by atoms with Crippen molar-refractivity contribution in [3.8, 4) is 0 Å². The highest BCUT2D eigenvalue weighted by molar-refractivity contribution is 5.54. The molecule has 0 spiro atoms. The zero-order valence-corrected chi connectivity index (χ0v) is 13.2. The predicted molar refractivity (Wildman–Crippen MR) is 80.8 cm³/mol. The van der Waals surface area contributed by atoms with Gasteiger partial charge in [0.15, 0.2) is 0 Å². The maximum absolute atomic E-state index is 3.86. The lowest BCUT2D eigenvalue weighted by Crippen LogP contribution is -2.68. The lowest BCUT2D eigenvalue weighted by atomic mass is 9.63. The van der Waals surface area contributed by atoms with Crippen LogP contribution in [0.25, 0.3) is 0 Å². The van der Waals surface area contributed by atoms with Crippen LogP contribution in [0.3, 0.4) is 0 Å². The van der Waals surface area contributed by atoms with E-state index in [1.54, 1.807) is 0 Å². The van der Waals surface area contributed by atoms with Crippen molar-refractivity contribution < 1.29 is 9.06 Å². The molecular weight excluding hydrogens is 248 g/mol. The fourth-order valence-electron chi connectivity index (χ4n) is 5.71. The first kappa shape index (κ1) is 13.1. The molecule has 0 aromatic carbocycles. The summed E-state index contributed by atoms with van der Waals surface area (Å²) in [7, 11) is 2.45. The van der Waals surface area contributed by atoms with Crippen LogP contribution in [0.15, 0.2) is 0 Å². The van der Waals surface area contributed by atoms with E-state index in [9.17, 15) is 0 Å². The molecule has 3 heterocycles. The lowest BCUT2D eigenvalue weighted by molar-refractivity contribution is -0.923. The first-order valence-electron chi connectivity index (χ1n) is 8.57. The largest absolute Gasteiger partial charge is 0.310 e. The molecule has 6 unspecified atom stereocenters. The van der Waals surface area contributed by atoms with E-state index in [-0.39, 0.29) is 0 Å². The number of nitrogens with zero attached hydrogens (tertiary/aromatic N) is 2. The van der Waals surface area contributed by atoms with Gasteiger partial charge < -0.3 is 4.48 Å². The Balaban J connectivity index is 1.68. The summed E-state index contributed by atoms with van der Waals surface area (Å²) >= 11 is 0. The first-order valence-corrected chi connectivity index (χ1v) is 8.57. The monoisotopic (exact) mass is 278 g/mol. The normalized spacial score (nSPS) is 53.0. The Morgan fingerprint density at radius 3 is 3.00 bits per heavy atom. The molecule has 3 fully saturated rings. The van der Waals surface area contributed by atoms with Gasteiger partial charge in [0.25, 0.3) is 0 Å². The number of likely N-dealkylation sites (N-methyl/N-ethyl adjacent to an activating group) is 1. The van der Waals surface area contributed by atoms with Crippen LogP contribution in [0.4, 0.5) is 0 Å². The molecule has 4 rings (SSSR count). The molecule has 1 saturated carbocycles. The van der Waals surface area contributed by atoms with Crippen molar-refractivity contribution >= 4 is 6.34 Å². The molecule has 3 aliphatic heterocycles. The maximum Gasteiger partial charge on any atom is 0.232 e. The summed E-state index contributed by atoms with van der Waals surface area (Å²) in [6, 6.07) is 2.26. The molecule has 0 amide bonds. The third-order valence-corrected chi connectivity index (χ3v) is 7.18. The van der Waals surface area contributed by atoms with Crippen LogP contribution >= 0.6 is 0 Å². The first-order chi connectivity index (χ1) is 9.63. The van der Waals surface area contributed by atoms with E-state index in [4.69, 9.17) is 0 Å². The summed E-state index contributed by atoms with van der Waals surface area (Å²) in [6.07, 6.45) is 7.69. The Kier molecular flexibility index (Phi) is 2.75. The van der Waals surface area contributed by atoms with Crippen molar-refractivity contribution in [2.24, 2.45) is 5.92 Å². The fourth-order valence-corrected chi connectivity index (χ4v) is 5.71. The van der Waals surface area contributed by atoms with Gasteiger partial charge in [0.05, 0.1) is 26.2 Å². The molecule has 4 aliphatic rings. The van der Waals surface area contributed by atoms with E-state index < -0.39 is 0 Å². The minimum Gasteiger partial charge on any atom is -0.310 e. The smallest absolute Gasteiger partial charge is 0.232 e. The molecular formula is C16H30N4+2. The van der Waals surface area contributed by atoms with Gasteiger partial charge in [0.1, 0.15) is 24.3 Å². The number of hydrogen-bond donors (Lipinski definition) is 2. The zero-order chi connectivity index (χ0) is 14.0. The summed E-state index contributed by atoms with van der Waals surface area (Å²) in [4.78, 5) is 0. The van der Waals surface area contributed by atoms with Gasteiger partial charge in [0, 0.05) is 18.8 Å². The van der Waals surface area contributed by atoms with Crippen molar-refractivity contribution in [2.45, 2.75) is 63.2 Å². The summed E-state index contributed by atoms with van der Waals surface area (Å²) in [5.41, 5.74) is 0.365. The number of piperidine rings is 1. The second-order valence-electron chi connectivity index (χ2n) is 7.73. The average Bonchev–Trinajstić information content (AvgIpc) is 2.92. The van der Waals surface area contributed by atoms with Crippen LogP contribution in [-0.4, -0.2) is 65.9 Å². The van der Waals surface area contributed by atoms with Crippen LogP contribution in [0.2, 0.25) is 0 Å². The summed E-state index contributed by atoms with van der Waals surface area (Å²) in [6.45, 7) is 8.41. The van der Waals surface area contributed by atoms with Gasteiger partial charge in [-0.2, -0.15) is 0 Å². The second-order valence-corrected chi connectivity index (χ2v) is 7.73. The predicted octanol–water partition coefficient (Wildman–Crippen LogP) is 0.726. The van der Waals surface area contributed by atoms with E-state index in [0.717, 1.165) is 24.7 Å². The van der Waals surface area contributed by atoms with Gasteiger partial charge in [-0.3, -0.25) is 15.2 Å². The van der Waals surface area contributed by atoms with E-state index >= 15 is 0 Å². The van der Waals surface area contributed by atoms with Crippen LogP contribution in [-0.2, 0) is 0 Å². The van der Waals surface area contributed by atoms with Gasteiger partial charge in [-0.25, -0.2) is 0 Å². The van der Waals surface area contributed by atoms with Crippen LogP contribution in [0, 0.1) is 5.92 Å². The number of quaternary nitrogens is 1. The van der Waals surface area contributed by atoms with Crippen molar-refractivity contribution in [2.75, 3.05) is 26.8 Å². The Bertz CT molecular complexity index is 448. The van der Waals surface area contributed by atoms with Gasteiger partial charge in [0.2, 0.25) is 6.34 Å². The molecule has 2 saturated heterocycles. The van der Waals surface area contributed by atoms with Crippen molar-refractivity contribution in [1.29, 1.82) is 0 Å². The molecule has 112 valence electrons. The highest BCUT2D eigenvalue weighted by Crippen LogP contribution is 2.47. The lowest BCUT2D eigenvalue weighted by Gasteiger charge is -2.49. The Morgan fingerprint density at radius 2 is 2.25 bits per heavy atom. The standard InChI is InChI=1S/C16H29N4/c1-4-12-6-7-19-10-18-16(12)9-13-14(8-15(16)19)20(3,5-2)11-17-13/h10,12-15,17H,4-9,11H2,1-3H3/q+1/p+1. The van der Waals surface area contributed by atoms with Gasteiger partial charge >= 0.3 is 0 Å². The second kappa shape index (κ2) is 4.20. The van der Waals surface area contributed by atoms with E-state index in [2.05, 4.69) is 42.4 Å². The number of fused-ring (bicyclic) bond motifs is 1. The molecule has 2 N–H and O–H groups in total. The Morgan fingerprint density at radius 1 is 1.40 bits per heavy atom. The van der Waals surface area contributed by atoms with Crippen LogP contribution in [0.5, 0.6) is 0 Å². The van der Waals surface area contributed by atoms with Crippen molar-refractivity contribution in [1.82, 2.24) is 10.6 Å². The topological polar surface area (TPSA) is 27.1 Å². The van der Waals surface area contributed by atoms with Crippen LogP contribution in [0.1, 0.15) is 39.5 Å². The van der Waals surface area contributed by atoms with Gasteiger partial charge in [-0.15, -0.1) is 0 Å². The third kappa shape index (κ3) is 1.47. The fraction of sp³-hybridized carbons (Fsp3) is 0.938. The highest BCUT2D eigenvalue weighted by Gasteiger charge is 2.65. The van der Waals surface area contributed by atoms with E-state index in [0.29, 0.717) is 11.6 Å². The van der Waals surface area contributed by atoms with Gasteiger partial charge in [-0.05, 0) is 19.8 Å². The molecule has 0 aromatic rings. The minimum absolute atomic E-state index is 0.365. The molecule has 1 aliphatic carbocycles. The minimum atomic E-state index is 0.365. The molecule has 20 heavy (non-hydrogen) atoms. The Hall–Kier alpha value is -0.610. The molecule has 0 radical (unpaired) electrons. The number of nitrogens with one attached hydrogen (secondary N) is 2. The molecule has 0 aromatic heterocycles. The number of rotatable bonds is 2. The number of hydrogen-bond acceptors (Lipinski definition) is 2. The maximum atomic E-state index is 3.86. The third-order valence-electron chi connectivity index (χ3n) is 7.18. The molecule has 4 heteroatoms. The molecule has 2 bridgehead atoms. The average molecular weight is 278 g/mol. The Labute approximate surface area is 122 Å². The highest BCUT2D eigenvalue weighted by atomic mass is 15.5. The molecule has 6 atom stereocenters. The van der Waals surface area contributed by atoms with E-state index in [1.807, 2.05) is 0 Å². The van der Waals surface area contributed by atoms with Gasteiger partial charge in [-0.1, -0.05) is 6.92 Å². The van der Waals surface area contributed by atoms with Crippen molar-refractivity contribution in [3.63, 3.8) is 0 Å². The van der Waals surface area contributed by atoms with Crippen molar-refractivity contribution in [3.05, 3.63) is 0 Å². The van der Waals surface area contributed by atoms with Crippen LogP contribution < -0.4 is 10.6 Å². The summed E-state index contributed by atoms with van der Waals surface area (Å²) in [5, 5.41) is 7.70. The molecule has 4 nitrogen and oxygen atoms in total. The summed E-state index contributed by atoms with van der Waals surface area (Å²) < 4.78 is 3.85. The SMILES string of the molecule is CCC1CC[N+]2=CNC13CC1NC[N+](C)(CC)C1CC23. The van der Waals surface area contributed by atoms with E-state index in [1.165, 1.54) is 43.3 Å².